The highest BCUT2D eigenvalue weighted by molar-refractivity contribution is 6.32. The van der Waals surface area contributed by atoms with Crippen LogP contribution >= 0.6 is 11.6 Å². The third-order valence-electron chi connectivity index (χ3n) is 4.88. The molecule has 2 aliphatic heterocycles. The summed E-state index contributed by atoms with van der Waals surface area (Å²) in [5, 5.41) is 0.0871. The van der Waals surface area contributed by atoms with E-state index in [1.165, 1.54) is 10.5 Å². The highest BCUT2D eigenvalue weighted by Crippen LogP contribution is 2.33. The van der Waals surface area contributed by atoms with E-state index < -0.39 is 11.7 Å². The minimum Gasteiger partial charge on any atom is -0.454 e. The Labute approximate surface area is 159 Å². The molecule has 1 saturated heterocycles. The second-order valence-corrected chi connectivity index (χ2v) is 7.09. The molecule has 0 unspecified atom stereocenters. The number of hydrogen-bond acceptors (Lipinski definition) is 3. The fraction of sp³-hybridized carbons (Fsp3) is 0.389. The number of anilines is 1. The minimum atomic E-state index is -4.41. The van der Waals surface area contributed by atoms with Gasteiger partial charge in [-0.05, 0) is 24.3 Å². The Kier molecular flexibility index (Phi) is 4.77. The number of ether oxygens (including phenoxy) is 2. The Morgan fingerprint density at radius 2 is 1.85 bits per heavy atom. The molecule has 9 heteroatoms. The van der Waals surface area contributed by atoms with Crippen LogP contribution < -0.4 is 24.3 Å². The van der Waals surface area contributed by atoms with Gasteiger partial charge in [-0.3, -0.25) is 0 Å². The summed E-state index contributed by atoms with van der Waals surface area (Å²) in [5.41, 5.74) is 0.394. The van der Waals surface area contributed by atoms with Crippen molar-refractivity contribution in [2.45, 2.75) is 12.7 Å². The van der Waals surface area contributed by atoms with Crippen molar-refractivity contribution in [3.8, 4) is 11.5 Å². The number of H-pyrrole nitrogens is 1. The van der Waals surface area contributed by atoms with Crippen LogP contribution in [0.1, 0.15) is 11.1 Å². The van der Waals surface area contributed by atoms with E-state index in [-0.39, 0.29) is 11.8 Å². The van der Waals surface area contributed by atoms with Gasteiger partial charge in [0.1, 0.15) is 43.9 Å². The van der Waals surface area contributed by atoms with Gasteiger partial charge in [0.25, 0.3) is 5.82 Å². The number of nitrogens with one attached hydrogen (secondary N) is 2. The normalized spacial score (nSPS) is 17.4. The Hall–Kier alpha value is -2.19. The van der Waals surface area contributed by atoms with Crippen LogP contribution in [0.15, 0.2) is 30.5 Å². The third-order valence-corrected chi connectivity index (χ3v) is 5.17. The van der Waals surface area contributed by atoms with Gasteiger partial charge >= 0.3 is 6.18 Å². The van der Waals surface area contributed by atoms with Crippen molar-refractivity contribution in [1.29, 1.82) is 0 Å². The first kappa shape index (κ1) is 18.2. The molecule has 4 rings (SSSR count). The minimum absolute atomic E-state index is 0.0871. The third kappa shape index (κ3) is 3.91. The summed E-state index contributed by atoms with van der Waals surface area (Å²) in [7, 11) is 0. The number of benzene rings is 1. The maximum atomic E-state index is 12.8. The van der Waals surface area contributed by atoms with Crippen LogP contribution in [0.3, 0.4) is 0 Å². The number of alkyl halides is 3. The summed E-state index contributed by atoms with van der Waals surface area (Å²) in [4.78, 5) is 6.10. The number of rotatable bonds is 3. The van der Waals surface area contributed by atoms with E-state index in [1.807, 2.05) is 23.1 Å². The monoisotopic (exact) mass is 401 g/mol. The van der Waals surface area contributed by atoms with Gasteiger partial charge in [0.2, 0.25) is 6.79 Å². The molecule has 0 aliphatic carbocycles. The van der Waals surface area contributed by atoms with Crippen LogP contribution in [0.5, 0.6) is 11.5 Å². The number of nitrogens with zero attached hydrogens (tertiary/aromatic N) is 1. The van der Waals surface area contributed by atoms with Gasteiger partial charge in [0.15, 0.2) is 11.5 Å². The van der Waals surface area contributed by atoms with Crippen LogP contribution in [-0.4, -0.2) is 33.0 Å². The number of aromatic amines is 1. The second kappa shape index (κ2) is 7.09. The largest absolute Gasteiger partial charge is 0.454 e. The summed E-state index contributed by atoms with van der Waals surface area (Å²) >= 11 is 6.08. The molecule has 3 heterocycles. The summed E-state index contributed by atoms with van der Waals surface area (Å²) in [5.74, 6) is 2.08. The molecule has 27 heavy (non-hydrogen) atoms. The Morgan fingerprint density at radius 1 is 1.11 bits per heavy atom. The van der Waals surface area contributed by atoms with Crippen LogP contribution in [0.25, 0.3) is 0 Å². The number of quaternary nitrogens is 1. The summed E-state index contributed by atoms with van der Waals surface area (Å²) in [6, 6.07) is 6.93. The molecule has 0 spiro atoms. The topological polar surface area (TPSA) is 40.3 Å². The summed E-state index contributed by atoms with van der Waals surface area (Å²) in [6.45, 7) is 4.26. The van der Waals surface area contributed by atoms with Gasteiger partial charge in [-0.1, -0.05) is 11.6 Å². The predicted molar refractivity (Wildman–Crippen MR) is 92.2 cm³/mol. The molecule has 0 atom stereocenters. The quantitative estimate of drug-likeness (QED) is 0.852. The molecule has 1 aromatic heterocycles. The van der Waals surface area contributed by atoms with E-state index in [2.05, 4.69) is 4.98 Å². The van der Waals surface area contributed by atoms with Gasteiger partial charge in [0, 0.05) is 5.56 Å². The van der Waals surface area contributed by atoms with Crippen molar-refractivity contribution < 1.29 is 32.5 Å². The van der Waals surface area contributed by atoms with E-state index in [0.29, 0.717) is 18.9 Å². The van der Waals surface area contributed by atoms with Crippen molar-refractivity contribution >= 4 is 17.4 Å². The van der Waals surface area contributed by atoms with E-state index in [1.54, 1.807) is 0 Å². The molecule has 0 bridgehead atoms. The summed E-state index contributed by atoms with van der Waals surface area (Å²) < 4.78 is 49.0. The number of pyridine rings is 1. The zero-order valence-corrected chi connectivity index (χ0v) is 15.2. The maximum Gasteiger partial charge on any atom is 0.419 e. The highest BCUT2D eigenvalue weighted by atomic mass is 35.5. The van der Waals surface area contributed by atoms with Crippen LogP contribution in [-0.2, 0) is 12.7 Å². The number of hydrogen-bond donors (Lipinski definition) is 1. The lowest BCUT2D eigenvalue weighted by Crippen LogP contribution is -3.13. The van der Waals surface area contributed by atoms with Gasteiger partial charge in [0.05, 0.1) is 5.56 Å². The molecule has 2 aliphatic rings. The fourth-order valence-corrected chi connectivity index (χ4v) is 3.72. The van der Waals surface area contributed by atoms with Crippen molar-refractivity contribution in [2.24, 2.45) is 0 Å². The number of aromatic nitrogens is 1. The first-order chi connectivity index (χ1) is 12.9. The van der Waals surface area contributed by atoms with Gasteiger partial charge in [-0.15, -0.1) is 0 Å². The number of fused-ring (bicyclic) bond motifs is 1. The van der Waals surface area contributed by atoms with Gasteiger partial charge in [-0.25, -0.2) is 9.88 Å². The Balaban J connectivity index is 1.38. The van der Waals surface area contributed by atoms with Gasteiger partial charge in [-0.2, -0.15) is 13.2 Å². The van der Waals surface area contributed by atoms with Crippen molar-refractivity contribution in [2.75, 3.05) is 37.9 Å². The molecule has 2 N–H and O–H groups in total. The SMILES string of the molecule is FC(F)(F)c1c[nH+]c(N2CC[NH+](Cc3ccc4c(c3)OCO4)CC2)c(Cl)c1. The lowest BCUT2D eigenvalue weighted by molar-refractivity contribution is -0.914. The molecular weight excluding hydrogens is 383 g/mol. The zero-order chi connectivity index (χ0) is 19.0. The van der Waals surface area contributed by atoms with Crippen LogP contribution in [0.4, 0.5) is 19.0 Å². The Bertz CT molecular complexity index is 839. The maximum absolute atomic E-state index is 12.8. The highest BCUT2D eigenvalue weighted by Gasteiger charge is 2.35. The number of piperazine rings is 1. The molecule has 2 aromatic rings. The average Bonchev–Trinajstić information content (AvgIpc) is 3.09. The molecule has 144 valence electrons. The first-order valence-corrected chi connectivity index (χ1v) is 9.03. The van der Waals surface area contributed by atoms with Crippen LogP contribution in [0, 0.1) is 0 Å². The molecule has 1 fully saturated rings. The second-order valence-electron chi connectivity index (χ2n) is 6.68. The first-order valence-electron chi connectivity index (χ1n) is 8.65. The van der Waals surface area contributed by atoms with Crippen LogP contribution in [0.2, 0.25) is 5.02 Å². The number of halogens is 4. The molecule has 5 nitrogen and oxygen atoms in total. The fourth-order valence-electron chi connectivity index (χ4n) is 3.43. The predicted octanol–water partition coefficient (Wildman–Crippen LogP) is 1.81. The van der Waals surface area contributed by atoms with Crippen molar-refractivity contribution in [1.82, 2.24) is 0 Å². The zero-order valence-electron chi connectivity index (χ0n) is 14.4. The van der Waals surface area contributed by atoms with E-state index in [4.69, 9.17) is 21.1 Å². The smallest absolute Gasteiger partial charge is 0.419 e. The molecule has 0 amide bonds. The van der Waals surface area contributed by atoms with Crippen molar-refractivity contribution in [3.05, 3.63) is 46.6 Å². The Morgan fingerprint density at radius 3 is 2.56 bits per heavy atom. The average molecular weight is 402 g/mol. The lowest BCUT2D eigenvalue weighted by Gasteiger charge is -2.28. The molecule has 0 radical (unpaired) electrons. The lowest BCUT2D eigenvalue weighted by atomic mass is 10.1. The summed E-state index contributed by atoms with van der Waals surface area (Å²) in [6.07, 6.45) is -3.45. The standard InChI is InChI=1S/C18H17ClF3N3O2/c19-14-8-13(18(20,21)22)9-23-17(14)25-5-3-24(4-6-25)10-12-1-2-15-16(7-12)27-11-26-15/h1-2,7-9H,3-6,10-11H2/p+2. The molecular formula is C18H19ClF3N3O2+2. The van der Waals surface area contributed by atoms with E-state index >= 15 is 0 Å². The van der Waals surface area contributed by atoms with E-state index in [9.17, 15) is 13.2 Å². The molecule has 0 saturated carbocycles. The van der Waals surface area contributed by atoms with Crippen molar-refractivity contribution in [3.63, 3.8) is 0 Å². The van der Waals surface area contributed by atoms with E-state index in [0.717, 1.165) is 43.4 Å². The van der Waals surface area contributed by atoms with Gasteiger partial charge < -0.3 is 14.4 Å². The molecule has 1 aromatic carbocycles.